The number of piperazine rings is 1. The molecule has 0 amide bonds. The van der Waals surface area contributed by atoms with E-state index >= 15 is 0 Å². The highest BCUT2D eigenvalue weighted by Crippen LogP contribution is 2.61. The number of rotatable bonds is 10. The van der Waals surface area contributed by atoms with Crippen molar-refractivity contribution in [1.29, 1.82) is 0 Å². The Morgan fingerprint density at radius 1 is 0.948 bits per heavy atom. The number of anilines is 3. The van der Waals surface area contributed by atoms with Crippen molar-refractivity contribution in [2.45, 2.75) is 76.9 Å². The van der Waals surface area contributed by atoms with Crippen LogP contribution in [0.3, 0.4) is 0 Å². The van der Waals surface area contributed by atoms with Crippen molar-refractivity contribution in [3.8, 4) is 23.0 Å². The molecule has 77 heavy (non-hydrogen) atoms. The van der Waals surface area contributed by atoms with E-state index in [9.17, 15) is 33.7 Å². The first-order chi connectivity index (χ1) is 37.1. The Balaban J connectivity index is 0.000000134. The molecule has 5 heterocycles. The van der Waals surface area contributed by atoms with E-state index in [2.05, 4.69) is 38.1 Å². The van der Waals surface area contributed by atoms with Crippen LogP contribution in [0.5, 0.6) is 23.0 Å². The van der Waals surface area contributed by atoms with Gasteiger partial charge in [0.1, 0.15) is 41.6 Å². The molecular weight excluding hydrogens is 1010 g/mol. The number of aromatic nitrogens is 3. The summed E-state index contributed by atoms with van der Waals surface area (Å²) in [5, 5.41) is 33.4. The summed E-state index contributed by atoms with van der Waals surface area (Å²) < 4.78 is 52.9. The predicted molar refractivity (Wildman–Crippen MR) is 292 cm³/mol. The number of benzene rings is 4. The van der Waals surface area contributed by atoms with Crippen LogP contribution in [-0.2, 0) is 11.2 Å². The van der Waals surface area contributed by atoms with Gasteiger partial charge in [0.05, 0.1) is 60.5 Å². The highest BCUT2D eigenvalue weighted by Gasteiger charge is 2.54. The second-order valence-corrected chi connectivity index (χ2v) is 22.0. The number of hydrogen-bond acceptors (Lipinski definition) is 14. The number of ether oxygens (including phenoxy) is 4. The quantitative estimate of drug-likeness (QED) is 0.0951. The predicted octanol–water partition coefficient (Wildman–Crippen LogP) is 9.43. The zero-order valence-corrected chi connectivity index (χ0v) is 44.8. The summed E-state index contributed by atoms with van der Waals surface area (Å²) >= 11 is 5.90. The highest BCUT2D eigenvalue weighted by atomic mass is 35.5. The number of phenolic OH excluding ortho intramolecular Hbond substituents is 1. The van der Waals surface area contributed by atoms with Gasteiger partial charge in [-0.25, -0.2) is 23.5 Å². The Bertz CT molecular complexity index is 3210. The van der Waals surface area contributed by atoms with Gasteiger partial charge in [-0.05, 0) is 136 Å². The van der Waals surface area contributed by atoms with Crippen molar-refractivity contribution >= 4 is 56.6 Å². The Labute approximate surface area is 451 Å². The number of aromatic hydroxyl groups is 1. The molecule has 0 radical (unpaired) electrons. The average molecular weight is 1080 g/mol. The summed E-state index contributed by atoms with van der Waals surface area (Å²) in [5.74, 6) is 2.26. The number of aromatic carboxylic acids is 1. The number of methoxy groups -OCH3 is 1. The number of fused-ring (bicyclic) bond motifs is 6. The molecule has 3 aliphatic heterocycles. The molecule has 410 valence electrons. The number of hydrogen-bond donors (Lipinski definition) is 4. The molecule has 6 aliphatic rings. The van der Waals surface area contributed by atoms with Crippen molar-refractivity contribution in [1.82, 2.24) is 24.3 Å². The van der Waals surface area contributed by atoms with Gasteiger partial charge in [0.15, 0.2) is 23.1 Å². The van der Waals surface area contributed by atoms with E-state index in [1.54, 1.807) is 17.7 Å². The fraction of sp³-hybridized carbons (Fsp3) is 0.483. The van der Waals surface area contributed by atoms with E-state index in [1.807, 2.05) is 43.1 Å². The van der Waals surface area contributed by atoms with Crippen LogP contribution in [0.25, 0.3) is 21.8 Å². The number of carbonyl (C=O) groups is 1. The number of phenols is 1. The second-order valence-electron chi connectivity index (χ2n) is 21.6. The van der Waals surface area contributed by atoms with Crippen LogP contribution in [0.2, 0.25) is 5.02 Å². The summed E-state index contributed by atoms with van der Waals surface area (Å²) in [7, 11) is 3.62. The van der Waals surface area contributed by atoms with Crippen LogP contribution in [-0.4, -0.2) is 138 Å². The topological polar surface area (TPSA) is 184 Å². The molecule has 12 rings (SSSR count). The van der Waals surface area contributed by atoms with Gasteiger partial charge in [-0.1, -0.05) is 24.6 Å². The summed E-state index contributed by atoms with van der Waals surface area (Å²) in [6, 6.07) is 15.0. The van der Waals surface area contributed by atoms with Crippen molar-refractivity contribution in [3.63, 3.8) is 0 Å². The molecular formula is C58H68ClF2N7O9. The molecule has 4 fully saturated rings. The van der Waals surface area contributed by atoms with Gasteiger partial charge >= 0.3 is 5.97 Å². The molecule has 2 aromatic heterocycles. The smallest absolute Gasteiger partial charge is 0.341 e. The number of pyridine rings is 1. The Morgan fingerprint density at radius 3 is 2.49 bits per heavy atom. The lowest BCUT2D eigenvalue weighted by molar-refractivity contribution is -0.0226. The van der Waals surface area contributed by atoms with E-state index < -0.39 is 23.0 Å². The SMILES string of the molecule is CC1COc2c(N3CCN(C)CC3)c(F)cc3c(=O)c(C(=O)O)cn1c23.COc1cc2ncnc(Nc3ccc(F)c(Cl)c3)c2cc1OCCCN1CCOCC1.C[C@]12CC[C@@H]3c4ccc(O)cc4CC[C@H]3[C@@H]1CC[C@@H]2O. The van der Waals surface area contributed by atoms with Crippen LogP contribution in [0.15, 0.2) is 71.9 Å². The number of likely N-dealkylation sites (N-methyl/N-ethyl adjacent to an activating group) is 1. The van der Waals surface area contributed by atoms with Crippen molar-refractivity contribution in [3.05, 3.63) is 111 Å². The first kappa shape index (κ1) is 54.1. The first-order valence-corrected chi connectivity index (χ1v) is 27.2. The number of aliphatic hydroxyl groups is 1. The number of carboxylic acid groups (broad SMARTS) is 1. The largest absolute Gasteiger partial charge is 0.508 e. The van der Waals surface area contributed by atoms with Crippen LogP contribution in [0.1, 0.15) is 85.8 Å². The Kier molecular flexibility index (Phi) is 16.1. The molecule has 4 N–H and O–H groups in total. The number of halogens is 3. The molecule has 2 saturated heterocycles. The molecule has 0 bridgehead atoms. The third-order valence-corrected chi connectivity index (χ3v) is 17.2. The van der Waals surface area contributed by atoms with Gasteiger partial charge in [0, 0.05) is 69.2 Å². The third-order valence-electron chi connectivity index (χ3n) is 16.9. The average Bonchev–Trinajstić information content (AvgIpc) is 3.78. The molecule has 6 atom stereocenters. The molecule has 16 nitrogen and oxygen atoms in total. The first-order valence-electron chi connectivity index (χ1n) is 26.8. The second kappa shape index (κ2) is 23.0. The van der Waals surface area contributed by atoms with Crippen LogP contribution in [0, 0.1) is 28.9 Å². The minimum atomic E-state index is -1.32. The van der Waals surface area contributed by atoms with E-state index in [-0.39, 0.29) is 40.1 Å². The molecule has 2 saturated carbocycles. The number of aliphatic hydroxyl groups excluding tert-OH is 1. The van der Waals surface area contributed by atoms with Gasteiger partial charge in [-0.3, -0.25) is 9.69 Å². The monoisotopic (exact) mass is 1080 g/mol. The third kappa shape index (κ3) is 11.1. The standard InChI is InChI=1S/C22H24ClFN4O3.C18H20FN3O4.C18H24O2/c1-29-20-13-19-16(12-21(20)31-8-2-5-28-6-9-30-10-7-28)22(26-14-25-19)27-15-3-4-18(24)17(23)11-15;1-10-9-26-17-14-11(16(23)12(18(24)25)8-22(10)14)7-13(19)15(17)21-5-3-20(2)4-6-21;1-18-9-8-14-13-5-3-12(19)10-11(13)2-4-15(14)16(18)6-7-17(18)20/h3-4,11-14H,2,5-10H2,1H3,(H,25,26,27);7-8,10H,3-6,9H2,1-2H3,(H,24,25);3,5,10,14-17,19-20H,2,4,6-9H2,1H3/t;;14-,15-,16+,17+,18+/m..1/s1. The maximum Gasteiger partial charge on any atom is 0.341 e. The van der Waals surface area contributed by atoms with Crippen LogP contribution in [0.4, 0.5) is 26.0 Å². The zero-order chi connectivity index (χ0) is 54.1. The normalized spacial score (nSPS) is 23.8. The van der Waals surface area contributed by atoms with Gasteiger partial charge in [-0.2, -0.15) is 0 Å². The molecule has 0 spiro atoms. The van der Waals surface area contributed by atoms with Crippen LogP contribution >= 0.6 is 11.6 Å². The molecule has 3 aliphatic carbocycles. The number of nitrogens with one attached hydrogen (secondary N) is 1. The fourth-order valence-corrected chi connectivity index (χ4v) is 12.9. The minimum absolute atomic E-state index is 0.0364. The molecule has 1 unspecified atom stereocenters. The van der Waals surface area contributed by atoms with E-state index in [0.717, 1.165) is 89.0 Å². The van der Waals surface area contributed by atoms with Crippen molar-refractivity contribution in [2.75, 3.05) is 96.6 Å². The van der Waals surface area contributed by atoms with E-state index in [0.29, 0.717) is 82.8 Å². The summed E-state index contributed by atoms with van der Waals surface area (Å²) in [6.45, 7) is 12.4. The lowest BCUT2D eigenvalue weighted by atomic mass is 9.55. The highest BCUT2D eigenvalue weighted by molar-refractivity contribution is 6.31. The summed E-state index contributed by atoms with van der Waals surface area (Å²) in [5.41, 5.74) is 4.09. The van der Waals surface area contributed by atoms with Gasteiger partial charge < -0.3 is 54.0 Å². The molecule has 4 aromatic carbocycles. The number of nitrogens with zero attached hydrogens (tertiary/aromatic N) is 6. The van der Waals surface area contributed by atoms with Crippen molar-refractivity contribution < 1.29 is 47.8 Å². The fourth-order valence-electron chi connectivity index (χ4n) is 12.7. The van der Waals surface area contributed by atoms with E-state index in [1.165, 1.54) is 55.0 Å². The minimum Gasteiger partial charge on any atom is -0.508 e. The summed E-state index contributed by atoms with van der Waals surface area (Å²) in [4.78, 5) is 39.1. The molecule has 6 aromatic rings. The van der Waals surface area contributed by atoms with E-state index in [4.69, 9.17) is 30.5 Å². The van der Waals surface area contributed by atoms with Crippen molar-refractivity contribution in [2.24, 2.45) is 17.3 Å². The van der Waals surface area contributed by atoms with Gasteiger partial charge in [0.25, 0.3) is 0 Å². The number of aryl methyl sites for hydroxylation is 1. The maximum atomic E-state index is 15.0. The van der Waals surface area contributed by atoms with Gasteiger partial charge in [0.2, 0.25) is 5.43 Å². The molecule has 19 heteroatoms. The summed E-state index contributed by atoms with van der Waals surface area (Å²) in [6.07, 6.45) is 10.5. The lowest BCUT2D eigenvalue weighted by Crippen LogP contribution is -2.45. The number of morpholine rings is 1. The van der Waals surface area contributed by atoms with Crippen LogP contribution < -0.4 is 29.9 Å². The lowest BCUT2D eigenvalue weighted by Gasteiger charge is -2.50. The number of carboxylic acids is 1. The van der Waals surface area contributed by atoms with Gasteiger partial charge in [-0.15, -0.1) is 0 Å². The Morgan fingerprint density at radius 2 is 1.74 bits per heavy atom. The maximum absolute atomic E-state index is 15.0. The Hall–Kier alpha value is -6.31. The zero-order valence-electron chi connectivity index (χ0n) is 44.1.